The number of nitrogens with one attached hydrogen (secondary N) is 1. The van der Waals surface area contributed by atoms with Gasteiger partial charge in [-0.15, -0.1) is 0 Å². The molecule has 0 aliphatic rings. The van der Waals surface area contributed by atoms with Gasteiger partial charge in [0.2, 0.25) is 0 Å². The van der Waals surface area contributed by atoms with E-state index in [0.717, 1.165) is 5.56 Å². The van der Waals surface area contributed by atoms with Crippen molar-refractivity contribution in [2.24, 2.45) is 0 Å². The van der Waals surface area contributed by atoms with Crippen molar-refractivity contribution in [3.05, 3.63) is 23.3 Å². The van der Waals surface area contributed by atoms with Gasteiger partial charge < -0.3 is 19.9 Å². The molecule has 1 aromatic carbocycles. The molecule has 0 fully saturated rings. The van der Waals surface area contributed by atoms with Crippen LogP contribution >= 0.6 is 0 Å². The molecule has 2 N–H and O–H groups in total. The lowest BCUT2D eigenvalue weighted by Gasteiger charge is -2.16. The second-order valence-corrected chi connectivity index (χ2v) is 4.66. The van der Waals surface area contributed by atoms with Gasteiger partial charge in [0, 0.05) is 11.1 Å². The van der Waals surface area contributed by atoms with Crippen LogP contribution in [0, 0.1) is 6.92 Å². The summed E-state index contributed by atoms with van der Waals surface area (Å²) in [4.78, 5) is 23.3. The first kappa shape index (κ1) is 16.8. The van der Waals surface area contributed by atoms with E-state index in [-0.39, 0.29) is 0 Å². The average Bonchev–Trinajstić information content (AvgIpc) is 2.46. The zero-order chi connectivity index (χ0) is 16.0. The molecule has 1 unspecified atom stereocenters. The van der Waals surface area contributed by atoms with Crippen LogP contribution in [-0.2, 0) is 4.79 Å². The SMILES string of the molecule is CCCC(NC(=O)c1cc(OC)c(C)c(OC)c1)C(=O)O. The van der Waals surface area contributed by atoms with Crippen molar-refractivity contribution in [3.8, 4) is 11.5 Å². The van der Waals surface area contributed by atoms with Crippen molar-refractivity contribution in [2.45, 2.75) is 32.7 Å². The van der Waals surface area contributed by atoms with Crippen molar-refractivity contribution in [2.75, 3.05) is 14.2 Å². The van der Waals surface area contributed by atoms with E-state index < -0.39 is 17.9 Å². The van der Waals surface area contributed by atoms with Crippen LogP contribution in [0.5, 0.6) is 11.5 Å². The standard InChI is InChI=1S/C15H21NO5/c1-5-6-11(15(18)19)16-14(17)10-7-12(20-3)9(2)13(8-10)21-4/h7-8,11H,5-6H2,1-4H3,(H,16,17)(H,18,19). The molecular weight excluding hydrogens is 274 g/mol. The third-order valence-corrected chi connectivity index (χ3v) is 3.20. The Balaban J connectivity index is 3.04. The van der Waals surface area contributed by atoms with Crippen LogP contribution < -0.4 is 14.8 Å². The predicted molar refractivity (Wildman–Crippen MR) is 78.1 cm³/mol. The molecule has 116 valence electrons. The summed E-state index contributed by atoms with van der Waals surface area (Å²) in [5, 5.41) is 11.6. The minimum atomic E-state index is -1.05. The van der Waals surface area contributed by atoms with E-state index in [1.165, 1.54) is 14.2 Å². The van der Waals surface area contributed by atoms with Gasteiger partial charge in [0.05, 0.1) is 14.2 Å². The van der Waals surface area contributed by atoms with Gasteiger partial charge in [0.15, 0.2) is 0 Å². The molecule has 0 heterocycles. The number of carboxylic acids is 1. The van der Waals surface area contributed by atoms with Crippen LogP contribution in [0.3, 0.4) is 0 Å². The summed E-state index contributed by atoms with van der Waals surface area (Å²) in [6.45, 7) is 3.68. The fraction of sp³-hybridized carbons (Fsp3) is 0.467. The van der Waals surface area contributed by atoms with Crippen LogP contribution in [0.2, 0.25) is 0 Å². The third-order valence-electron chi connectivity index (χ3n) is 3.20. The quantitative estimate of drug-likeness (QED) is 0.803. The average molecular weight is 295 g/mol. The van der Waals surface area contributed by atoms with E-state index in [9.17, 15) is 9.59 Å². The molecule has 0 aromatic heterocycles. The number of carbonyl (C=O) groups excluding carboxylic acids is 1. The van der Waals surface area contributed by atoms with Crippen LogP contribution in [0.1, 0.15) is 35.7 Å². The lowest BCUT2D eigenvalue weighted by atomic mass is 10.1. The fourth-order valence-electron chi connectivity index (χ4n) is 2.00. The topological polar surface area (TPSA) is 84.9 Å². The van der Waals surface area contributed by atoms with Crippen molar-refractivity contribution in [1.82, 2.24) is 5.32 Å². The molecule has 6 nitrogen and oxygen atoms in total. The first-order valence-electron chi connectivity index (χ1n) is 6.70. The number of rotatable bonds is 7. The van der Waals surface area contributed by atoms with Gasteiger partial charge in [-0.2, -0.15) is 0 Å². The molecule has 0 bridgehead atoms. The van der Waals surface area contributed by atoms with E-state index in [1.54, 1.807) is 12.1 Å². The molecular formula is C15H21NO5. The molecule has 21 heavy (non-hydrogen) atoms. The van der Waals surface area contributed by atoms with E-state index in [4.69, 9.17) is 14.6 Å². The lowest BCUT2D eigenvalue weighted by molar-refractivity contribution is -0.139. The van der Waals surface area contributed by atoms with E-state index in [1.807, 2.05) is 13.8 Å². The summed E-state index contributed by atoms with van der Waals surface area (Å²) >= 11 is 0. The Morgan fingerprint density at radius 2 is 1.76 bits per heavy atom. The Kier molecular flexibility index (Phi) is 6.02. The minimum absolute atomic E-state index is 0.302. The highest BCUT2D eigenvalue weighted by molar-refractivity contribution is 5.97. The molecule has 1 aromatic rings. The van der Waals surface area contributed by atoms with E-state index in [2.05, 4.69) is 5.32 Å². The summed E-state index contributed by atoms with van der Waals surface area (Å²) < 4.78 is 10.4. The molecule has 1 atom stereocenters. The van der Waals surface area contributed by atoms with Gasteiger partial charge in [-0.1, -0.05) is 13.3 Å². The molecule has 0 spiro atoms. The van der Waals surface area contributed by atoms with Crippen molar-refractivity contribution in [1.29, 1.82) is 0 Å². The number of hydrogen-bond donors (Lipinski definition) is 2. The largest absolute Gasteiger partial charge is 0.496 e. The summed E-state index contributed by atoms with van der Waals surface area (Å²) in [5.41, 5.74) is 1.08. The highest BCUT2D eigenvalue weighted by Crippen LogP contribution is 2.29. The Labute approximate surface area is 124 Å². The number of methoxy groups -OCH3 is 2. The van der Waals surface area contributed by atoms with Crippen molar-refractivity contribution in [3.63, 3.8) is 0 Å². The Morgan fingerprint density at radius 1 is 1.24 bits per heavy atom. The monoisotopic (exact) mass is 295 g/mol. The first-order valence-corrected chi connectivity index (χ1v) is 6.70. The molecule has 0 aliphatic carbocycles. The minimum Gasteiger partial charge on any atom is -0.496 e. The Bertz CT molecular complexity index is 502. The Morgan fingerprint density at radius 3 is 2.14 bits per heavy atom. The molecule has 6 heteroatoms. The van der Waals surface area contributed by atoms with Gasteiger partial charge in [0.1, 0.15) is 17.5 Å². The smallest absolute Gasteiger partial charge is 0.326 e. The van der Waals surface area contributed by atoms with Crippen molar-refractivity contribution < 1.29 is 24.2 Å². The summed E-state index contributed by atoms with van der Waals surface area (Å²) in [6.07, 6.45) is 1.04. The first-order chi connectivity index (χ1) is 9.94. The van der Waals surface area contributed by atoms with E-state index >= 15 is 0 Å². The fourth-order valence-corrected chi connectivity index (χ4v) is 2.00. The molecule has 1 amide bonds. The summed E-state index contributed by atoms with van der Waals surface area (Å²) in [6, 6.07) is 2.23. The summed E-state index contributed by atoms with van der Waals surface area (Å²) in [7, 11) is 3.00. The van der Waals surface area contributed by atoms with Crippen LogP contribution in [0.4, 0.5) is 0 Å². The molecule has 0 aliphatic heterocycles. The predicted octanol–water partition coefficient (Wildman–Crippen LogP) is 2.00. The van der Waals surface area contributed by atoms with Crippen LogP contribution in [0.25, 0.3) is 0 Å². The second kappa shape index (κ2) is 7.52. The Hall–Kier alpha value is -2.24. The molecule has 0 radical (unpaired) electrons. The number of amides is 1. The zero-order valence-electron chi connectivity index (χ0n) is 12.7. The maximum absolute atomic E-state index is 12.2. The van der Waals surface area contributed by atoms with Gasteiger partial charge in [-0.3, -0.25) is 4.79 Å². The molecule has 0 saturated carbocycles. The van der Waals surface area contributed by atoms with Crippen molar-refractivity contribution >= 4 is 11.9 Å². The summed E-state index contributed by atoms with van der Waals surface area (Å²) in [5.74, 6) is -0.479. The highest BCUT2D eigenvalue weighted by atomic mass is 16.5. The van der Waals surface area contributed by atoms with Crippen LogP contribution in [-0.4, -0.2) is 37.2 Å². The lowest BCUT2D eigenvalue weighted by Crippen LogP contribution is -2.40. The number of ether oxygens (including phenoxy) is 2. The van der Waals surface area contributed by atoms with Gasteiger partial charge in [-0.05, 0) is 25.5 Å². The van der Waals surface area contributed by atoms with Gasteiger partial charge in [-0.25, -0.2) is 4.79 Å². The number of carbonyl (C=O) groups is 2. The molecule has 0 saturated heterocycles. The number of benzene rings is 1. The number of carboxylic acid groups (broad SMARTS) is 1. The van der Waals surface area contributed by atoms with Gasteiger partial charge in [0.25, 0.3) is 5.91 Å². The molecule has 1 rings (SSSR count). The van der Waals surface area contributed by atoms with E-state index in [0.29, 0.717) is 29.9 Å². The second-order valence-electron chi connectivity index (χ2n) is 4.66. The van der Waals surface area contributed by atoms with Crippen LogP contribution in [0.15, 0.2) is 12.1 Å². The highest BCUT2D eigenvalue weighted by Gasteiger charge is 2.21. The normalized spacial score (nSPS) is 11.6. The maximum atomic E-state index is 12.2. The maximum Gasteiger partial charge on any atom is 0.326 e. The zero-order valence-corrected chi connectivity index (χ0v) is 12.7. The van der Waals surface area contributed by atoms with Gasteiger partial charge >= 0.3 is 5.97 Å². The third kappa shape index (κ3) is 4.11. The number of aliphatic carboxylic acids is 1. The number of hydrogen-bond acceptors (Lipinski definition) is 4.